The van der Waals surface area contributed by atoms with Crippen LogP contribution in [0.15, 0.2) is 77.4 Å². The number of carbonyl (C=O) groups is 2. The molecule has 0 fully saturated rings. The summed E-state index contributed by atoms with van der Waals surface area (Å²) >= 11 is 0. The fourth-order valence-electron chi connectivity index (χ4n) is 2.76. The lowest BCUT2D eigenvalue weighted by Gasteiger charge is -2.19. The van der Waals surface area contributed by atoms with Crippen LogP contribution in [0.2, 0.25) is 0 Å². The van der Waals surface area contributed by atoms with E-state index in [4.69, 9.17) is 4.42 Å². The molecule has 3 aromatic rings. The molecule has 2 N–H and O–H groups in total. The molecule has 1 heterocycles. The first kappa shape index (κ1) is 18.5. The minimum atomic E-state index is -0.673. The molecule has 5 heteroatoms. The van der Waals surface area contributed by atoms with Gasteiger partial charge in [-0.2, -0.15) is 0 Å². The van der Waals surface area contributed by atoms with Crippen molar-refractivity contribution in [3.63, 3.8) is 0 Å². The summed E-state index contributed by atoms with van der Waals surface area (Å²) in [4.78, 5) is 24.3. The third kappa shape index (κ3) is 4.64. The van der Waals surface area contributed by atoms with E-state index >= 15 is 0 Å². The molecule has 2 atom stereocenters. The summed E-state index contributed by atoms with van der Waals surface area (Å²) in [6, 6.07) is 20.5. The third-order valence-corrected chi connectivity index (χ3v) is 4.36. The molecular formula is C22H22N2O3. The Balaban J connectivity index is 1.58. The van der Waals surface area contributed by atoms with Gasteiger partial charge in [0.1, 0.15) is 6.04 Å². The van der Waals surface area contributed by atoms with Crippen molar-refractivity contribution in [1.29, 1.82) is 0 Å². The van der Waals surface area contributed by atoms with Crippen molar-refractivity contribution < 1.29 is 14.0 Å². The van der Waals surface area contributed by atoms with Gasteiger partial charge in [-0.25, -0.2) is 0 Å². The van der Waals surface area contributed by atoms with E-state index in [1.807, 2.05) is 49.4 Å². The van der Waals surface area contributed by atoms with Gasteiger partial charge in [-0.05, 0) is 42.7 Å². The Morgan fingerprint density at radius 1 is 0.815 bits per heavy atom. The van der Waals surface area contributed by atoms with Gasteiger partial charge in [-0.3, -0.25) is 9.59 Å². The highest BCUT2D eigenvalue weighted by Crippen LogP contribution is 2.21. The lowest BCUT2D eigenvalue weighted by atomic mass is 10.0. The Hall–Kier alpha value is -3.34. The zero-order valence-corrected chi connectivity index (χ0v) is 15.3. The molecule has 0 unspecified atom stereocenters. The van der Waals surface area contributed by atoms with E-state index in [1.165, 1.54) is 6.26 Å². The van der Waals surface area contributed by atoms with Crippen molar-refractivity contribution in [2.24, 2.45) is 0 Å². The Kier molecular flexibility index (Phi) is 5.71. The maximum absolute atomic E-state index is 12.4. The van der Waals surface area contributed by atoms with Gasteiger partial charge in [-0.15, -0.1) is 0 Å². The average Bonchev–Trinajstić information content (AvgIpc) is 3.23. The van der Waals surface area contributed by atoms with E-state index in [0.717, 1.165) is 16.7 Å². The van der Waals surface area contributed by atoms with Gasteiger partial charge in [0.2, 0.25) is 5.91 Å². The molecule has 138 valence electrons. The summed E-state index contributed by atoms with van der Waals surface area (Å²) < 4.78 is 5.03. The van der Waals surface area contributed by atoms with Gasteiger partial charge >= 0.3 is 0 Å². The maximum atomic E-state index is 12.4. The Labute approximate surface area is 158 Å². The predicted molar refractivity (Wildman–Crippen MR) is 104 cm³/mol. The van der Waals surface area contributed by atoms with E-state index < -0.39 is 11.9 Å². The minimum absolute atomic E-state index is 0.176. The molecule has 0 aliphatic carbocycles. The number of nitrogens with one attached hydrogen (secondary N) is 2. The molecule has 2 amide bonds. The summed E-state index contributed by atoms with van der Waals surface area (Å²) in [5, 5.41) is 5.55. The van der Waals surface area contributed by atoms with E-state index in [9.17, 15) is 9.59 Å². The fraction of sp³-hybridized carbons (Fsp3) is 0.182. The summed E-state index contributed by atoms with van der Waals surface area (Å²) in [6.45, 7) is 3.55. The van der Waals surface area contributed by atoms with Crippen LogP contribution in [0.25, 0.3) is 11.1 Å². The van der Waals surface area contributed by atoms with Crippen LogP contribution >= 0.6 is 0 Å². The Morgan fingerprint density at radius 2 is 1.48 bits per heavy atom. The number of amides is 2. The minimum Gasteiger partial charge on any atom is -0.459 e. The molecule has 3 rings (SSSR count). The van der Waals surface area contributed by atoms with Gasteiger partial charge in [0.15, 0.2) is 5.76 Å². The van der Waals surface area contributed by atoms with Crippen LogP contribution in [0, 0.1) is 0 Å². The predicted octanol–water partition coefficient (Wildman–Crippen LogP) is 3.94. The zero-order valence-electron chi connectivity index (χ0n) is 15.3. The summed E-state index contributed by atoms with van der Waals surface area (Å²) in [5.41, 5.74) is 3.26. The number of benzene rings is 2. The lowest BCUT2D eigenvalue weighted by molar-refractivity contribution is -0.123. The quantitative estimate of drug-likeness (QED) is 0.698. The second-order valence-electron chi connectivity index (χ2n) is 6.39. The highest BCUT2D eigenvalue weighted by Gasteiger charge is 2.20. The van der Waals surface area contributed by atoms with Crippen LogP contribution in [0.5, 0.6) is 0 Å². The summed E-state index contributed by atoms with van der Waals surface area (Å²) in [6.07, 6.45) is 1.42. The van der Waals surface area contributed by atoms with Crippen LogP contribution in [0.4, 0.5) is 0 Å². The highest BCUT2D eigenvalue weighted by molar-refractivity contribution is 5.95. The smallest absolute Gasteiger partial charge is 0.287 e. The Bertz CT molecular complexity index is 887. The maximum Gasteiger partial charge on any atom is 0.287 e. The number of hydrogen-bond donors (Lipinski definition) is 2. The second-order valence-corrected chi connectivity index (χ2v) is 6.39. The molecular weight excluding hydrogens is 340 g/mol. The summed E-state index contributed by atoms with van der Waals surface area (Å²) in [5.74, 6) is -0.490. The molecule has 0 spiro atoms. The molecule has 5 nitrogen and oxygen atoms in total. The first-order valence-corrected chi connectivity index (χ1v) is 8.84. The third-order valence-electron chi connectivity index (χ3n) is 4.36. The first-order valence-electron chi connectivity index (χ1n) is 8.84. The molecule has 0 saturated heterocycles. The second kappa shape index (κ2) is 8.36. The number of furan rings is 1. The molecule has 0 aliphatic rings. The van der Waals surface area contributed by atoms with Gasteiger partial charge in [0.05, 0.1) is 12.3 Å². The van der Waals surface area contributed by atoms with Crippen LogP contribution in [-0.4, -0.2) is 17.9 Å². The zero-order chi connectivity index (χ0) is 19.2. The van der Waals surface area contributed by atoms with E-state index in [2.05, 4.69) is 22.8 Å². The van der Waals surface area contributed by atoms with Gasteiger partial charge < -0.3 is 15.1 Å². The van der Waals surface area contributed by atoms with Crippen molar-refractivity contribution in [1.82, 2.24) is 10.6 Å². The van der Waals surface area contributed by atoms with Crippen molar-refractivity contribution in [2.45, 2.75) is 25.9 Å². The molecule has 0 saturated carbocycles. The van der Waals surface area contributed by atoms with E-state index in [-0.39, 0.29) is 17.7 Å². The number of hydrogen-bond acceptors (Lipinski definition) is 3. The van der Waals surface area contributed by atoms with Crippen LogP contribution in [0.1, 0.15) is 36.0 Å². The molecule has 0 bridgehead atoms. The standard InChI is InChI=1S/C22H22N2O3/c1-15(17-10-12-19(13-11-17)18-7-4-3-5-8-18)23-21(25)16(2)24-22(26)20-9-6-14-27-20/h3-16H,1-2H3,(H,23,25)(H,24,26)/t15-,16-/m1/s1. The largest absolute Gasteiger partial charge is 0.459 e. The van der Waals surface area contributed by atoms with E-state index in [0.29, 0.717) is 0 Å². The summed E-state index contributed by atoms with van der Waals surface area (Å²) in [7, 11) is 0. The highest BCUT2D eigenvalue weighted by atomic mass is 16.3. The normalized spacial score (nSPS) is 12.8. The molecule has 1 aromatic heterocycles. The van der Waals surface area contributed by atoms with Crippen molar-refractivity contribution in [2.75, 3.05) is 0 Å². The average molecular weight is 362 g/mol. The monoisotopic (exact) mass is 362 g/mol. The van der Waals surface area contributed by atoms with E-state index in [1.54, 1.807) is 19.1 Å². The van der Waals surface area contributed by atoms with Gasteiger partial charge in [0.25, 0.3) is 5.91 Å². The number of rotatable bonds is 6. The van der Waals surface area contributed by atoms with Gasteiger partial charge in [-0.1, -0.05) is 54.6 Å². The Morgan fingerprint density at radius 3 is 2.11 bits per heavy atom. The van der Waals surface area contributed by atoms with Crippen LogP contribution < -0.4 is 10.6 Å². The fourth-order valence-corrected chi connectivity index (χ4v) is 2.76. The lowest BCUT2D eigenvalue weighted by Crippen LogP contribution is -2.45. The van der Waals surface area contributed by atoms with Crippen molar-refractivity contribution in [3.8, 4) is 11.1 Å². The van der Waals surface area contributed by atoms with Crippen molar-refractivity contribution in [3.05, 3.63) is 84.3 Å². The number of carbonyl (C=O) groups excluding carboxylic acids is 2. The molecule has 0 radical (unpaired) electrons. The topological polar surface area (TPSA) is 71.3 Å². The first-order chi connectivity index (χ1) is 13.0. The molecule has 27 heavy (non-hydrogen) atoms. The molecule has 2 aromatic carbocycles. The van der Waals surface area contributed by atoms with Crippen LogP contribution in [0.3, 0.4) is 0 Å². The van der Waals surface area contributed by atoms with Crippen molar-refractivity contribution >= 4 is 11.8 Å². The molecule has 0 aliphatic heterocycles. The van der Waals surface area contributed by atoms with Gasteiger partial charge in [0, 0.05) is 0 Å². The van der Waals surface area contributed by atoms with Crippen LogP contribution in [-0.2, 0) is 4.79 Å². The SMILES string of the molecule is C[C@@H](NC(=O)c1ccco1)C(=O)N[C@H](C)c1ccc(-c2ccccc2)cc1.